The predicted molar refractivity (Wildman–Crippen MR) is 99.0 cm³/mol. The Bertz CT molecular complexity index is 1010. The van der Waals surface area contributed by atoms with Crippen LogP contribution >= 0.6 is 0 Å². The van der Waals surface area contributed by atoms with E-state index in [4.69, 9.17) is 9.47 Å². The highest BCUT2D eigenvalue weighted by molar-refractivity contribution is 6.07. The third-order valence-electron chi connectivity index (χ3n) is 4.23. The van der Waals surface area contributed by atoms with Crippen LogP contribution in [0.15, 0.2) is 78.4 Å². The van der Waals surface area contributed by atoms with Crippen LogP contribution in [0.1, 0.15) is 11.1 Å². The molecule has 0 N–H and O–H groups in total. The van der Waals surface area contributed by atoms with E-state index in [2.05, 4.69) is 0 Å². The Balaban J connectivity index is 1.85. The highest BCUT2D eigenvalue weighted by Crippen LogP contribution is 2.33. The lowest BCUT2D eigenvalue weighted by Crippen LogP contribution is -1.98. The molecular formula is C22H16O3. The Morgan fingerprint density at radius 3 is 2.48 bits per heavy atom. The van der Waals surface area contributed by atoms with E-state index in [0.29, 0.717) is 11.3 Å². The quantitative estimate of drug-likeness (QED) is 0.510. The molecule has 0 saturated carbocycles. The largest absolute Gasteiger partial charge is 0.496 e. The highest BCUT2D eigenvalue weighted by atomic mass is 16.5. The van der Waals surface area contributed by atoms with Crippen molar-refractivity contribution in [3.05, 3.63) is 89.5 Å². The van der Waals surface area contributed by atoms with Gasteiger partial charge in [0.25, 0.3) is 0 Å². The van der Waals surface area contributed by atoms with Gasteiger partial charge in [0.1, 0.15) is 11.5 Å². The van der Waals surface area contributed by atoms with Crippen molar-refractivity contribution in [2.75, 3.05) is 7.11 Å². The molecule has 0 aromatic heterocycles. The van der Waals surface area contributed by atoms with Gasteiger partial charge in [-0.15, -0.1) is 0 Å². The number of fused-ring (bicyclic) bond motifs is 1. The number of benzene rings is 3. The average molecular weight is 328 g/mol. The van der Waals surface area contributed by atoms with Crippen LogP contribution in [0.2, 0.25) is 0 Å². The van der Waals surface area contributed by atoms with Crippen LogP contribution in [-0.2, 0) is 9.53 Å². The molecule has 3 nitrogen and oxygen atoms in total. The normalized spacial score (nSPS) is 15.3. The fourth-order valence-electron chi connectivity index (χ4n) is 2.99. The molecule has 0 aliphatic carbocycles. The smallest absolute Gasteiger partial charge is 0.343 e. The molecular weight excluding hydrogens is 312 g/mol. The topological polar surface area (TPSA) is 35.5 Å². The first-order chi connectivity index (χ1) is 12.3. The first-order valence-corrected chi connectivity index (χ1v) is 8.03. The minimum absolute atomic E-state index is 0.353. The summed E-state index contributed by atoms with van der Waals surface area (Å²) in [6.45, 7) is 0. The first-order valence-electron chi connectivity index (χ1n) is 8.03. The number of hydrogen-bond donors (Lipinski definition) is 0. The van der Waals surface area contributed by atoms with Gasteiger partial charge < -0.3 is 9.47 Å². The van der Waals surface area contributed by atoms with Gasteiger partial charge in [-0.25, -0.2) is 4.79 Å². The van der Waals surface area contributed by atoms with Crippen molar-refractivity contribution in [2.45, 2.75) is 0 Å². The zero-order valence-electron chi connectivity index (χ0n) is 13.7. The molecule has 3 aromatic rings. The van der Waals surface area contributed by atoms with E-state index in [0.717, 1.165) is 27.6 Å². The number of rotatable bonds is 3. The molecule has 1 heterocycles. The van der Waals surface area contributed by atoms with Crippen LogP contribution in [0.4, 0.5) is 0 Å². The second-order valence-corrected chi connectivity index (χ2v) is 5.77. The number of esters is 1. The molecule has 1 aliphatic heterocycles. The van der Waals surface area contributed by atoms with Gasteiger partial charge in [0.05, 0.1) is 12.7 Å². The number of carbonyl (C=O) groups is 1. The first kappa shape index (κ1) is 15.2. The molecule has 0 spiro atoms. The van der Waals surface area contributed by atoms with Crippen molar-refractivity contribution < 1.29 is 14.3 Å². The van der Waals surface area contributed by atoms with Crippen molar-refractivity contribution in [1.29, 1.82) is 0 Å². The van der Waals surface area contributed by atoms with Gasteiger partial charge in [-0.3, -0.25) is 0 Å². The zero-order chi connectivity index (χ0) is 17.2. The van der Waals surface area contributed by atoms with Gasteiger partial charge in [0.2, 0.25) is 0 Å². The average Bonchev–Trinajstić information content (AvgIpc) is 3.03. The van der Waals surface area contributed by atoms with Crippen molar-refractivity contribution >= 4 is 28.6 Å². The van der Waals surface area contributed by atoms with E-state index >= 15 is 0 Å². The minimum atomic E-state index is -0.353. The second-order valence-electron chi connectivity index (χ2n) is 5.77. The molecule has 0 unspecified atom stereocenters. The van der Waals surface area contributed by atoms with Gasteiger partial charge in [-0.1, -0.05) is 60.7 Å². The van der Waals surface area contributed by atoms with Gasteiger partial charge in [0.15, 0.2) is 0 Å². The van der Waals surface area contributed by atoms with Crippen molar-refractivity contribution in [3.63, 3.8) is 0 Å². The molecule has 0 bridgehead atoms. The van der Waals surface area contributed by atoms with E-state index in [-0.39, 0.29) is 5.97 Å². The Morgan fingerprint density at radius 1 is 0.920 bits per heavy atom. The van der Waals surface area contributed by atoms with Gasteiger partial charge in [-0.2, -0.15) is 0 Å². The monoisotopic (exact) mass is 328 g/mol. The van der Waals surface area contributed by atoms with Crippen molar-refractivity contribution in [3.8, 4) is 5.75 Å². The van der Waals surface area contributed by atoms with Gasteiger partial charge in [0, 0.05) is 11.1 Å². The second kappa shape index (κ2) is 6.29. The zero-order valence-corrected chi connectivity index (χ0v) is 13.7. The number of carbonyl (C=O) groups excluding carboxylic acids is 1. The molecule has 3 aromatic carbocycles. The summed E-state index contributed by atoms with van der Waals surface area (Å²) < 4.78 is 10.9. The summed E-state index contributed by atoms with van der Waals surface area (Å²) in [5, 5.41) is 2.12. The Morgan fingerprint density at radius 2 is 1.68 bits per heavy atom. The van der Waals surface area contributed by atoms with Crippen LogP contribution in [0.25, 0.3) is 22.6 Å². The maximum Gasteiger partial charge on any atom is 0.343 e. The summed E-state index contributed by atoms with van der Waals surface area (Å²) >= 11 is 0. The molecule has 0 saturated heterocycles. The third-order valence-corrected chi connectivity index (χ3v) is 4.23. The molecule has 0 amide bonds. The standard InChI is InChI=1S/C22H16O3/c1-24-20-12-11-15-7-5-6-10-18(15)19(20)13-17-14-21(25-22(17)23)16-8-3-2-4-9-16/h2-14H,1H3/b17-13+. The third kappa shape index (κ3) is 2.81. The number of methoxy groups -OCH3 is 1. The molecule has 0 radical (unpaired) electrons. The van der Waals surface area contributed by atoms with E-state index in [1.807, 2.05) is 72.8 Å². The van der Waals surface area contributed by atoms with E-state index in [9.17, 15) is 4.79 Å². The predicted octanol–water partition coefficient (Wildman–Crippen LogP) is 4.83. The fraction of sp³-hybridized carbons (Fsp3) is 0.0455. The number of ether oxygens (including phenoxy) is 2. The lowest BCUT2D eigenvalue weighted by atomic mass is 10.0. The Hall–Kier alpha value is -3.33. The fourth-order valence-corrected chi connectivity index (χ4v) is 2.99. The summed E-state index contributed by atoms with van der Waals surface area (Å²) in [5.41, 5.74) is 2.26. The SMILES string of the molecule is COc1ccc2ccccc2c1/C=C1\C=C(c2ccccc2)OC1=O. The highest BCUT2D eigenvalue weighted by Gasteiger charge is 2.22. The summed E-state index contributed by atoms with van der Waals surface area (Å²) in [6.07, 6.45) is 3.61. The van der Waals surface area contributed by atoms with Gasteiger partial charge in [-0.05, 0) is 29.0 Å². The molecule has 1 aliphatic rings. The molecule has 0 fully saturated rings. The molecule has 122 valence electrons. The van der Waals surface area contributed by atoms with Crippen LogP contribution in [0.5, 0.6) is 5.75 Å². The lowest BCUT2D eigenvalue weighted by Gasteiger charge is -2.09. The van der Waals surface area contributed by atoms with Crippen LogP contribution in [-0.4, -0.2) is 13.1 Å². The summed E-state index contributed by atoms with van der Waals surface area (Å²) in [7, 11) is 1.63. The molecule has 25 heavy (non-hydrogen) atoms. The number of hydrogen-bond acceptors (Lipinski definition) is 3. The summed E-state index contributed by atoms with van der Waals surface area (Å²) in [6, 6.07) is 21.5. The minimum Gasteiger partial charge on any atom is -0.496 e. The van der Waals surface area contributed by atoms with Crippen LogP contribution < -0.4 is 4.74 Å². The van der Waals surface area contributed by atoms with Crippen LogP contribution in [0, 0.1) is 0 Å². The van der Waals surface area contributed by atoms with E-state index in [1.54, 1.807) is 13.2 Å². The van der Waals surface area contributed by atoms with E-state index < -0.39 is 0 Å². The van der Waals surface area contributed by atoms with E-state index in [1.165, 1.54) is 0 Å². The van der Waals surface area contributed by atoms with Crippen LogP contribution in [0.3, 0.4) is 0 Å². The molecule has 0 atom stereocenters. The van der Waals surface area contributed by atoms with Gasteiger partial charge >= 0.3 is 5.97 Å². The molecule has 3 heteroatoms. The number of cyclic esters (lactones) is 1. The summed E-state index contributed by atoms with van der Waals surface area (Å²) in [5.74, 6) is 0.936. The Kier molecular flexibility index (Phi) is 3.82. The summed E-state index contributed by atoms with van der Waals surface area (Å²) in [4.78, 5) is 12.3. The maximum atomic E-state index is 12.3. The Labute approximate surface area is 145 Å². The molecule has 4 rings (SSSR count). The maximum absolute atomic E-state index is 12.3. The lowest BCUT2D eigenvalue weighted by molar-refractivity contribution is -0.130. The van der Waals surface area contributed by atoms with Crippen molar-refractivity contribution in [1.82, 2.24) is 0 Å². The van der Waals surface area contributed by atoms with Crippen molar-refractivity contribution in [2.24, 2.45) is 0 Å².